The van der Waals surface area contributed by atoms with Gasteiger partial charge in [0, 0.05) is 12.0 Å². The summed E-state index contributed by atoms with van der Waals surface area (Å²) in [5, 5.41) is 10.0. The number of methoxy groups -OCH3 is 1. The Kier molecular flexibility index (Phi) is 5.28. The number of ether oxygens (including phenoxy) is 1. The van der Waals surface area contributed by atoms with E-state index in [0.29, 0.717) is 0 Å². The molecule has 124 valence electrons. The molecule has 1 aromatic rings. The van der Waals surface area contributed by atoms with Crippen molar-refractivity contribution in [3.63, 3.8) is 0 Å². The molecule has 2 nitrogen and oxygen atoms in total. The molecule has 0 bridgehead atoms. The van der Waals surface area contributed by atoms with E-state index in [2.05, 4.69) is 6.58 Å². The number of halogens is 4. The van der Waals surface area contributed by atoms with Crippen LogP contribution in [0.15, 0.2) is 30.9 Å². The molecule has 0 aliphatic rings. The first-order valence-electron chi connectivity index (χ1n) is 6.71. The summed E-state index contributed by atoms with van der Waals surface area (Å²) in [6.07, 6.45) is -5.09. The molecule has 1 N–H and O–H groups in total. The van der Waals surface area contributed by atoms with E-state index in [4.69, 9.17) is 4.74 Å². The molecule has 0 saturated heterocycles. The van der Waals surface area contributed by atoms with Crippen molar-refractivity contribution in [2.24, 2.45) is 0 Å². The molecule has 0 aliphatic heterocycles. The second-order valence-electron chi connectivity index (χ2n) is 5.93. The van der Waals surface area contributed by atoms with Crippen LogP contribution < -0.4 is 4.74 Å². The fourth-order valence-electron chi connectivity index (χ4n) is 2.56. The van der Waals surface area contributed by atoms with E-state index in [-0.39, 0.29) is 11.3 Å². The molecule has 1 unspecified atom stereocenters. The third-order valence-electron chi connectivity index (χ3n) is 3.63. The van der Waals surface area contributed by atoms with Gasteiger partial charge in [0.2, 0.25) is 0 Å². The minimum atomic E-state index is -4.82. The van der Waals surface area contributed by atoms with Crippen molar-refractivity contribution in [3.05, 3.63) is 42.2 Å². The van der Waals surface area contributed by atoms with Gasteiger partial charge in [0.1, 0.15) is 11.6 Å². The van der Waals surface area contributed by atoms with Gasteiger partial charge in [-0.25, -0.2) is 4.39 Å². The number of aliphatic hydroxyl groups is 1. The van der Waals surface area contributed by atoms with Gasteiger partial charge in [0.15, 0.2) is 5.60 Å². The largest absolute Gasteiger partial charge is 0.496 e. The van der Waals surface area contributed by atoms with Gasteiger partial charge >= 0.3 is 6.18 Å². The maximum absolute atomic E-state index is 13.5. The summed E-state index contributed by atoms with van der Waals surface area (Å²) in [5.41, 5.74) is -3.84. The van der Waals surface area contributed by atoms with Gasteiger partial charge in [0.05, 0.1) is 7.11 Å². The maximum atomic E-state index is 13.5. The lowest BCUT2D eigenvalue weighted by Crippen LogP contribution is -2.48. The first kappa shape index (κ1) is 18.5. The Morgan fingerprint density at radius 2 is 1.86 bits per heavy atom. The molecule has 0 aliphatic carbocycles. The van der Waals surface area contributed by atoms with E-state index in [1.807, 2.05) is 0 Å². The van der Waals surface area contributed by atoms with Crippen LogP contribution in [0.4, 0.5) is 17.6 Å². The van der Waals surface area contributed by atoms with Crippen LogP contribution in [0.25, 0.3) is 0 Å². The van der Waals surface area contributed by atoms with Crippen LogP contribution in [0.2, 0.25) is 0 Å². The maximum Gasteiger partial charge on any atom is 0.417 e. The number of hydrogen-bond acceptors (Lipinski definition) is 2. The molecule has 0 radical (unpaired) electrons. The van der Waals surface area contributed by atoms with Crippen LogP contribution in [-0.4, -0.2) is 24.0 Å². The van der Waals surface area contributed by atoms with Crippen molar-refractivity contribution in [3.8, 4) is 5.75 Å². The second kappa shape index (κ2) is 6.28. The Hall–Kier alpha value is -1.56. The average Bonchev–Trinajstić information content (AvgIpc) is 2.37. The number of rotatable bonds is 6. The quantitative estimate of drug-likeness (QED) is 0.623. The van der Waals surface area contributed by atoms with E-state index in [1.165, 1.54) is 27.0 Å². The molecular formula is C16H20F4O2. The van der Waals surface area contributed by atoms with Crippen molar-refractivity contribution in [1.29, 1.82) is 0 Å². The van der Waals surface area contributed by atoms with Gasteiger partial charge < -0.3 is 9.84 Å². The van der Waals surface area contributed by atoms with Gasteiger partial charge in [-0.1, -0.05) is 19.9 Å². The van der Waals surface area contributed by atoms with Crippen LogP contribution in [0.3, 0.4) is 0 Å². The molecule has 0 heterocycles. The minimum absolute atomic E-state index is 0.265. The lowest BCUT2D eigenvalue weighted by atomic mass is 9.73. The topological polar surface area (TPSA) is 29.5 Å². The van der Waals surface area contributed by atoms with E-state index < -0.39 is 35.9 Å². The van der Waals surface area contributed by atoms with E-state index >= 15 is 0 Å². The predicted molar refractivity (Wildman–Crippen MR) is 76.4 cm³/mol. The van der Waals surface area contributed by atoms with Gasteiger partial charge in [-0.3, -0.25) is 0 Å². The summed E-state index contributed by atoms with van der Waals surface area (Å²) < 4.78 is 58.2. The molecule has 1 aromatic carbocycles. The average molecular weight is 320 g/mol. The highest BCUT2D eigenvalue weighted by atomic mass is 19.4. The Morgan fingerprint density at radius 3 is 2.32 bits per heavy atom. The Bertz CT molecular complexity index is 537. The lowest BCUT2D eigenvalue weighted by molar-refractivity contribution is -0.265. The van der Waals surface area contributed by atoms with Crippen molar-refractivity contribution in [2.75, 3.05) is 7.11 Å². The molecule has 0 aromatic heterocycles. The normalized spacial score (nSPS) is 15.3. The second-order valence-corrected chi connectivity index (χ2v) is 5.93. The fourth-order valence-corrected chi connectivity index (χ4v) is 2.56. The molecule has 1 atom stereocenters. The standard InChI is InChI=1S/C16H20F4O2/c1-5-8-15(21,16(18,19)20)10-14(2,3)12-9-11(17)6-7-13(12)22-4/h5-7,9,21H,1,8,10H2,2-4H3. The summed E-state index contributed by atoms with van der Waals surface area (Å²) in [7, 11) is 1.35. The first-order chi connectivity index (χ1) is 9.97. The zero-order valence-electron chi connectivity index (χ0n) is 12.8. The Morgan fingerprint density at radius 1 is 1.27 bits per heavy atom. The molecule has 6 heteroatoms. The summed E-state index contributed by atoms with van der Waals surface area (Å²) in [6.45, 7) is 6.27. The van der Waals surface area contributed by atoms with Crippen molar-refractivity contribution >= 4 is 0 Å². The fraction of sp³-hybridized carbons (Fsp3) is 0.500. The van der Waals surface area contributed by atoms with Gasteiger partial charge in [0.25, 0.3) is 0 Å². The third-order valence-corrected chi connectivity index (χ3v) is 3.63. The van der Waals surface area contributed by atoms with Gasteiger partial charge in [-0.05, 0) is 30.0 Å². The number of hydrogen-bond donors (Lipinski definition) is 1. The Labute approximate surface area is 127 Å². The van der Waals surface area contributed by atoms with Crippen LogP contribution in [-0.2, 0) is 5.41 Å². The first-order valence-corrected chi connectivity index (χ1v) is 6.71. The zero-order valence-corrected chi connectivity index (χ0v) is 12.8. The van der Waals surface area contributed by atoms with Gasteiger partial charge in [-0.2, -0.15) is 13.2 Å². The van der Waals surface area contributed by atoms with Crippen LogP contribution in [0, 0.1) is 5.82 Å². The van der Waals surface area contributed by atoms with Crippen molar-refractivity contribution in [1.82, 2.24) is 0 Å². The summed E-state index contributed by atoms with van der Waals surface area (Å²) in [6, 6.07) is 3.65. The van der Waals surface area contributed by atoms with Crippen LogP contribution >= 0.6 is 0 Å². The third kappa shape index (κ3) is 3.80. The molecular weight excluding hydrogens is 300 g/mol. The van der Waals surface area contributed by atoms with E-state index in [1.54, 1.807) is 0 Å². The molecule has 0 fully saturated rings. The number of benzene rings is 1. The van der Waals surface area contributed by atoms with Crippen molar-refractivity contribution in [2.45, 2.75) is 43.9 Å². The molecule has 0 saturated carbocycles. The molecule has 0 amide bonds. The SMILES string of the molecule is C=CCC(O)(CC(C)(C)c1cc(F)ccc1OC)C(F)(F)F. The highest BCUT2D eigenvalue weighted by molar-refractivity contribution is 5.39. The van der Waals surface area contributed by atoms with Gasteiger partial charge in [-0.15, -0.1) is 6.58 Å². The molecule has 0 spiro atoms. The zero-order chi connectivity index (χ0) is 17.2. The minimum Gasteiger partial charge on any atom is -0.496 e. The molecule has 22 heavy (non-hydrogen) atoms. The van der Waals surface area contributed by atoms with Crippen LogP contribution in [0.5, 0.6) is 5.75 Å². The lowest BCUT2D eigenvalue weighted by Gasteiger charge is -2.37. The Balaban J connectivity index is 3.29. The summed E-state index contributed by atoms with van der Waals surface area (Å²) >= 11 is 0. The predicted octanol–water partition coefficient (Wildman–Crippen LogP) is 4.37. The highest BCUT2D eigenvalue weighted by Gasteiger charge is 2.55. The van der Waals surface area contributed by atoms with E-state index in [9.17, 15) is 22.7 Å². The molecule has 1 rings (SSSR count). The van der Waals surface area contributed by atoms with Crippen molar-refractivity contribution < 1.29 is 27.4 Å². The highest BCUT2D eigenvalue weighted by Crippen LogP contribution is 2.45. The monoisotopic (exact) mass is 320 g/mol. The smallest absolute Gasteiger partial charge is 0.417 e. The number of alkyl halides is 3. The van der Waals surface area contributed by atoms with E-state index in [0.717, 1.165) is 18.2 Å². The summed E-state index contributed by atoms with van der Waals surface area (Å²) in [5.74, 6) is -0.308. The summed E-state index contributed by atoms with van der Waals surface area (Å²) in [4.78, 5) is 0. The van der Waals surface area contributed by atoms with Crippen LogP contribution in [0.1, 0.15) is 32.3 Å².